The maximum atomic E-state index is 10.6. The lowest BCUT2D eigenvalue weighted by molar-refractivity contribution is 0.124. The summed E-state index contributed by atoms with van der Waals surface area (Å²) in [6.45, 7) is 4.45. The quantitative estimate of drug-likeness (QED) is 0.551. The van der Waals surface area contributed by atoms with Crippen LogP contribution in [0.3, 0.4) is 0 Å². The zero-order valence-electron chi connectivity index (χ0n) is 6.18. The van der Waals surface area contributed by atoms with Crippen LogP contribution in [0, 0.1) is 5.41 Å². The Morgan fingerprint density at radius 1 is 1.70 bits per heavy atom. The third-order valence-electron chi connectivity index (χ3n) is 1.31. The molecule has 0 spiro atoms. The molecule has 1 aliphatic heterocycles. The maximum absolute atomic E-state index is 10.6. The molecule has 0 saturated heterocycles. The molecule has 0 saturated carbocycles. The largest absolute Gasteiger partial charge is 0.448 e. The molecule has 3 heteroatoms. The molecule has 0 radical (unpaired) electrons. The fraction of sp³-hybridized carbons (Fsp3) is 0.571. The standard InChI is InChI=1S/C7H11NO2/c1-7(2)3-4-8-6(9)10-5-7/h3-4H,5H2,1-2H3,(H,8,9). The molecule has 10 heavy (non-hydrogen) atoms. The van der Waals surface area contributed by atoms with Crippen molar-refractivity contribution in [3.05, 3.63) is 12.3 Å². The van der Waals surface area contributed by atoms with Gasteiger partial charge in [-0.3, -0.25) is 5.32 Å². The van der Waals surface area contributed by atoms with Crippen molar-refractivity contribution in [2.45, 2.75) is 13.8 Å². The van der Waals surface area contributed by atoms with Gasteiger partial charge in [-0.1, -0.05) is 19.9 Å². The van der Waals surface area contributed by atoms with Gasteiger partial charge in [0.15, 0.2) is 0 Å². The molecule has 1 amide bonds. The maximum Gasteiger partial charge on any atom is 0.411 e. The monoisotopic (exact) mass is 141 g/mol. The van der Waals surface area contributed by atoms with E-state index in [0.29, 0.717) is 6.61 Å². The van der Waals surface area contributed by atoms with Crippen LogP contribution in [0.15, 0.2) is 12.3 Å². The smallest absolute Gasteiger partial charge is 0.411 e. The number of alkyl carbamates (subject to hydrolysis) is 1. The summed E-state index contributed by atoms with van der Waals surface area (Å²) in [6.07, 6.45) is 3.16. The highest BCUT2D eigenvalue weighted by atomic mass is 16.5. The number of cyclic esters (lactones) is 1. The molecular weight excluding hydrogens is 130 g/mol. The minimum Gasteiger partial charge on any atom is -0.448 e. The zero-order chi connectivity index (χ0) is 7.61. The molecule has 0 unspecified atom stereocenters. The molecule has 0 bridgehead atoms. The number of carbonyl (C=O) groups is 1. The molecule has 1 rings (SSSR count). The van der Waals surface area contributed by atoms with Crippen molar-refractivity contribution >= 4 is 6.09 Å². The van der Waals surface area contributed by atoms with Crippen LogP contribution in [0.25, 0.3) is 0 Å². The van der Waals surface area contributed by atoms with Crippen molar-refractivity contribution in [2.75, 3.05) is 6.61 Å². The number of hydrogen-bond acceptors (Lipinski definition) is 2. The molecule has 0 aromatic heterocycles. The van der Waals surface area contributed by atoms with Crippen molar-refractivity contribution in [1.82, 2.24) is 5.32 Å². The Labute approximate surface area is 60.1 Å². The Kier molecular flexibility index (Phi) is 1.66. The first-order valence-corrected chi connectivity index (χ1v) is 3.21. The van der Waals surface area contributed by atoms with Crippen LogP contribution >= 0.6 is 0 Å². The second-order valence-corrected chi connectivity index (χ2v) is 3.04. The number of ether oxygens (including phenoxy) is 1. The third-order valence-corrected chi connectivity index (χ3v) is 1.31. The first-order chi connectivity index (χ1) is 4.60. The Hall–Kier alpha value is -0.990. The molecule has 1 N–H and O–H groups in total. The first-order valence-electron chi connectivity index (χ1n) is 3.21. The molecule has 1 heterocycles. The van der Waals surface area contributed by atoms with Gasteiger partial charge in [0.05, 0.1) is 0 Å². The van der Waals surface area contributed by atoms with Crippen LogP contribution < -0.4 is 5.32 Å². The lowest BCUT2D eigenvalue weighted by atomic mass is 9.95. The molecule has 0 aromatic rings. The van der Waals surface area contributed by atoms with E-state index in [1.165, 1.54) is 0 Å². The molecular formula is C7H11NO2. The van der Waals surface area contributed by atoms with Crippen molar-refractivity contribution in [2.24, 2.45) is 5.41 Å². The van der Waals surface area contributed by atoms with Gasteiger partial charge in [-0.25, -0.2) is 4.79 Å². The van der Waals surface area contributed by atoms with Crippen LogP contribution in [-0.4, -0.2) is 12.7 Å². The summed E-state index contributed by atoms with van der Waals surface area (Å²) in [7, 11) is 0. The Bertz CT molecular complexity index is 172. The number of hydrogen-bond donors (Lipinski definition) is 1. The minimum absolute atomic E-state index is 0.0425. The van der Waals surface area contributed by atoms with Gasteiger partial charge >= 0.3 is 6.09 Å². The molecule has 3 nitrogen and oxygen atoms in total. The van der Waals surface area contributed by atoms with Gasteiger partial charge < -0.3 is 4.74 Å². The van der Waals surface area contributed by atoms with Crippen molar-refractivity contribution in [1.29, 1.82) is 0 Å². The SMILES string of the molecule is CC1(C)C=CNC(=O)OC1. The highest BCUT2D eigenvalue weighted by Crippen LogP contribution is 2.18. The molecule has 0 atom stereocenters. The zero-order valence-corrected chi connectivity index (χ0v) is 6.18. The lowest BCUT2D eigenvalue weighted by Gasteiger charge is -2.15. The number of amides is 1. The summed E-state index contributed by atoms with van der Waals surface area (Å²) in [5.41, 5.74) is -0.0425. The highest BCUT2D eigenvalue weighted by Gasteiger charge is 2.18. The van der Waals surface area contributed by atoms with Crippen LogP contribution in [-0.2, 0) is 4.74 Å². The second kappa shape index (κ2) is 2.33. The van der Waals surface area contributed by atoms with Gasteiger partial charge in [0.2, 0.25) is 0 Å². The predicted molar refractivity (Wildman–Crippen MR) is 37.4 cm³/mol. The predicted octanol–water partition coefficient (Wildman–Crippen LogP) is 1.27. The fourth-order valence-electron chi connectivity index (χ4n) is 0.677. The van der Waals surface area contributed by atoms with Crippen LogP contribution in [0.1, 0.15) is 13.8 Å². The van der Waals surface area contributed by atoms with Crippen molar-refractivity contribution in [3.8, 4) is 0 Å². The second-order valence-electron chi connectivity index (χ2n) is 3.04. The molecule has 0 fully saturated rings. The molecule has 0 aromatic carbocycles. The normalized spacial score (nSPS) is 22.8. The van der Waals surface area contributed by atoms with E-state index < -0.39 is 0 Å². The molecule has 56 valence electrons. The van der Waals surface area contributed by atoms with Crippen LogP contribution in [0.4, 0.5) is 4.79 Å². The van der Waals surface area contributed by atoms with Gasteiger partial charge in [-0.15, -0.1) is 0 Å². The van der Waals surface area contributed by atoms with Crippen molar-refractivity contribution < 1.29 is 9.53 Å². The summed E-state index contributed by atoms with van der Waals surface area (Å²) >= 11 is 0. The number of rotatable bonds is 0. The average molecular weight is 141 g/mol. The van der Waals surface area contributed by atoms with Crippen LogP contribution in [0.5, 0.6) is 0 Å². The van der Waals surface area contributed by atoms with Gasteiger partial charge in [0, 0.05) is 11.6 Å². The lowest BCUT2D eigenvalue weighted by Crippen LogP contribution is -2.20. The first kappa shape index (κ1) is 7.12. The average Bonchev–Trinajstić information content (AvgIpc) is 1.94. The van der Waals surface area contributed by atoms with E-state index in [4.69, 9.17) is 4.74 Å². The summed E-state index contributed by atoms with van der Waals surface area (Å²) in [6, 6.07) is 0. The van der Waals surface area contributed by atoms with E-state index in [-0.39, 0.29) is 11.5 Å². The number of carbonyl (C=O) groups excluding carboxylic acids is 1. The van der Waals surface area contributed by atoms with E-state index in [1.807, 2.05) is 19.9 Å². The Morgan fingerprint density at radius 3 is 3.10 bits per heavy atom. The Balaban J connectivity index is 2.63. The topological polar surface area (TPSA) is 38.3 Å². The summed E-state index contributed by atoms with van der Waals surface area (Å²) in [5.74, 6) is 0. The van der Waals surface area contributed by atoms with Crippen molar-refractivity contribution in [3.63, 3.8) is 0 Å². The summed E-state index contributed by atoms with van der Waals surface area (Å²) < 4.78 is 4.81. The Morgan fingerprint density at radius 2 is 2.40 bits per heavy atom. The number of nitrogens with one attached hydrogen (secondary N) is 1. The van der Waals surface area contributed by atoms with E-state index in [0.717, 1.165) is 0 Å². The van der Waals surface area contributed by atoms with E-state index in [9.17, 15) is 4.79 Å². The minimum atomic E-state index is -0.373. The van der Waals surface area contributed by atoms with Gasteiger partial charge in [-0.2, -0.15) is 0 Å². The van der Waals surface area contributed by atoms with E-state index in [2.05, 4.69) is 5.32 Å². The third kappa shape index (κ3) is 1.76. The molecule has 1 aliphatic rings. The highest BCUT2D eigenvalue weighted by molar-refractivity contribution is 5.68. The van der Waals surface area contributed by atoms with E-state index in [1.54, 1.807) is 6.20 Å². The van der Waals surface area contributed by atoms with E-state index >= 15 is 0 Å². The van der Waals surface area contributed by atoms with Crippen LogP contribution in [0.2, 0.25) is 0 Å². The summed E-state index contributed by atoms with van der Waals surface area (Å²) in [4.78, 5) is 10.6. The van der Waals surface area contributed by atoms with Gasteiger partial charge in [0.1, 0.15) is 6.61 Å². The van der Waals surface area contributed by atoms with Gasteiger partial charge in [0.25, 0.3) is 0 Å². The van der Waals surface area contributed by atoms with Gasteiger partial charge in [-0.05, 0) is 0 Å². The molecule has 0 aliphatic carbocycles. The summed E-state index contributed by atoms with van der Waals surface area (Å²) in [5, 5.41) is 2.46. The fourth-order valence-corrected chi connectivity index (χ4v) is 0.677.